The number of nitrogens with zero attached hydrogens (tertiary/aromatic N) is 1. The van der Waals surface area contributed by atoms with E-state index in [1.807, 2.05) is 18.2 Å². The van der Waals surface area contributed by atoms with Crippen molar-refractivity contribution in [3.05, 3.63) is 41.3 Å². The van der Waals surface area contributed by atoms with Crippen LogP contribution in [0.25, 0.3) is 0 Å². The van der Waals surface area contributed by atoms with E-state index in [9.17, 15) is 8.42 Å². The molecule has 0 unspecified atom stereocenters. The van der Waals surface area contributed by atoms with Gasteiger partial charge in [0.05, 0.1) is 13.2 Å². The molecule has 0 spiro atoms. The summed E-state index contributed by atoms with van der Waals surface area (Å²) in [5, 5.41) is 1.76. The number of ether oxygens (including phenoxy) is 3. The van der Waals surface area contributed by atoms with Crippen molar-refractivity contribution in [2.45, 2.75) is 10.3 Å². The Balaban J connectivity index is 1.57. The van der Waals surface area contributed by atoms with Crippen molar-refractivity contribution >= 4 is 21.4 Å². The zero-order valence-electron chi connectivity index (χ0n) is 14.1. The lowest BCUT2D eigenvalue weighted by atomic mass is 10.0. The molecule has 26 heavy (non-hydrogen) atoms. The van der Waals surface area contributed by atoms with E-state index in [2.05, 4.69) is 9.62 Å². The standard InChI is InChI=1S/C17H20N2O5S2/c20-26(21,17-2-1-9-25-17)18-11-14(19-5-7-22-8-6-19)13-3-4-15-16(10-13)24-12-23-15/h1-4,9-10,14,18H,5-8,11-12H2/t14-/m1/s1. The Morgan fingerprint density at radius 3 is 2.73 bits per heavy atom. The number of hydrogen-bond donors (Lipinski definition) is 1. The molecule has 0 amide bonds. The van der Waals surface area contributed by atoms with Gasteiger partial charge in [0, 0.05) is 25.7 Å². The third-order valence-corrected chi connectivity index (χ3v) is 7.32. The Morgan fingerprint density at radius 1 is 1.15 bits per heavy atom. The number of fused-ring (bicyclic) bond motifs is 1. The van der Waals surface area contributed by atoms with Gasteiger partial charge in [-0.05, 0) is 29.1 Å². The number of sulfonamides is 1. The lowest BCUT2D eigenvalue weighted by Crippen LogP contribution is -2.43. The van der Waals surface area contributed by atoms with Crippen molar-refractivity contribution < 1.29 is 22.6 Å². The second-order valence-electron chi connectivity index (χ2n) is 6.06. The lowest BCUT2D eigenvalue weighted by molar-refractivity contribution is 0.0172. The Hall–Kier alpha value is -1.65. The van der Waals surface area contributed by atoms with Crippen LogP contribution in [0.4, 0.5) is 0 Å². The molecule has 1 aromatic heterocycles. The summed E-state index contributed by atoms with van der Waals surface area (Å²) in [4.78, 5) is 2.23. The molecule has 3 heterocycles. The smallest absolute Gasteiger partial charge is 0.250 e. The van der Waals surface area contributed by atoms with Gasteiger partial charge in [-0.1, -0.05) is 12.1 Å². The van der Waals surface area contributed by atoms with Crippen LogP contribution >= 0.6 is 11.3 Å². The molecule has 0 radical (unpaired) electrons. The van der Waals surface area contributed by atoms with E-state index >= 15 is 0 Å². The second kappa shape index (κ2) is 7.53. The minimum absolute atomic E-state index is 0.108. The van der Waals surface area contributed by atoms with Crippen LogP contribution in [-0.4, -0.2) is 53.0 Å². The van der Waals surface area contributed by atoms with Crippen molar-refractivity contribution in [2.24, 2.45) is 0 Å². The first-order valence-electron chi connectivity index (χ1n) is 8.38. The molecule has 0 saturated carbocycles. The molecule has 140 valence electrons. The SMILES string of the molecule is O=S(=O)(NC[C@H](c1ccc2c(c1)OCO2)N1CCOCC1)c1cccs1. The summed E-state index contributed by atoms with van der Waals surface area (Å²) < 4.78 is 44.4. The lowest BCUT2D eigenvalue weighted by Gasteiger charge is -2.34. The highest BCUT2D eigenvalue weighted by Gasteiger charge is 2.27. The summed E-state index contributed by atoms with van der Waals surface area (Å²) in [5.41, 5.74) is 0.991. The average Bonchev–Trinajstić information content (AvgIpc) is 3.34. The van der Waals surface area contributed by atoms with Gasteiger partial charge in [0.2, 0.25) is 16.8 Å². The van der Waals surface area contributed by atoms with Gasteiger partial charge in [-0.25, -0.2) is 13.1 Å². The van der Waals surface area contributed by atoms with Crippen molar-refractivity contribution in [2.75, 3.05) is 39.6 Å². The van der Waals surface area contributed by atoms with Gasteiger partial charge in [-0.15, -0.1) is 11.3 Å². The summed E-state index contributed by atoms with van der Waals surface area (Å²) in [7, 11) is -3.52. The van der Waals surface area contributed by atoms with E-state index in [0.717, 1.165) is 18.7 Å². The predicted octanol–water partition coefficient (Wildman–Crippen LogP) is 1.83. The minimum Gasteiger partial charge on any atom is -0.454 e. The number of thiophene rings is 1. The topological polar surface area (TPSA) is 77.1 Å². The Kier molecular flexibility index (Phi) is 5.14. The van der Waals surface area contributed by atoms with E-state index in [-0.39, 0.29) is 19.4 Å². The average molecular weight is 396 g/mol. The Labute approximate surface area is 156 Å². The highest BCUT2D eigenvalue weighted by molar-refractivity contribution is 7.91. The first kappa shape index (κ1) is 17.7. The number of morpholine rings is 1. The van der Waals surface area contributed by atoms with Gasteiger partial charge in [0.1, 0.15) is 4.21 Å². The first-order chi connectivity index (χ1) is 12.6. The van der Waals surface area contributed by atoms with Crippen molar-refractivity contribution in [1.82, 2.24) is 9.62 Å². The van der Waals surface area contributed by atoms with Crippen LogP contribution in [0.3, 0.4) is 0 Å². The van der Waals surface area contributed by atoms with Gasteiger partial charge in [0.25, 0.3) is 0 Å². The van der Waals surface area contributed by atoms with E-state index in [4.69, 9.17) is 14.2 Å². The zero-order chi connectivity index (χ0) is 18.0. The number of hydrogen-bond acceptors (Lipinski definition) is 7. The van der Waals surface area contributed by atoms with Gasteiger partial charge >= 0.3 is 0 Å². The van der Waals surface area contributed by atoms with E-state index < -0.39 is 10.0 Å². The predicted molar refractivity (Wildman–Crippen MR) is 97.2 cm³/mol. The minimum atomic E-state index is -3.52. The molecule has 1 N–H and O–H groups in total. The third-order valence-electron chi connectivity index (χ3n) is 4.49. The molecule has 1 aromatic carbocycles. The molecule has 1 atom stereocenters. The quantitative estimate of drug-likeness (QED) is 0.803. The molecule has 0 bridgehead atoms. The van der Waals surface area contributed by atoms with Crippen LogP contribution in [0.2, 0.25) is 0 Å². The monoisotopic (exact) mass is 396 g/mol. The maximum Gasteiger partial charge on any atom is 0.250 e. The fourth-order valence-electron chi connectivity index (χ4n) is 3.14. The number of rotatable bonds is 6. The highest BCUT2D eigenvalue weighted by atomic mass is 32.2. The van der Waals surface area contributed by atoms with Gasteiger partial charge in [-0.3, -0.25) is 4.90 Å². The molecule has 7 nitrogen and oxygen atoms in total. The molecule has 1 saturated heterocycles. The van der Waals surface area contributed by atoms with Crippen molar-refractivity contribution in [3.63, 3.8) is 0 Å². The maximum absolute atomic E-state index is 12.5. The fraction of sp³-hybridized carbons (Fsp3) is 0.412. The van der Waals surface area contributed by atoms with Crippen molar-refractivity contribution in [1.29, 1.82) is 0 Å². The van der Waals surface area contributed by atoms with Gasteiger partial charge < -0.3 is 14.2 Å². The van der Waals surface area contributed by atoms with Gasteiger partial charge in [-0.2, -0.15) is 0 Å². The summed E-state index contributed by atoms with van der Waals surface area (Å²) in [6.07, 6.45) is 0. The zero-order valence-corrected chi connectivity index (χ0v) is 15.7. The molecular weight excluding hydrogens is 376 g/mol. The van der Waals surface area contributed by atoms with Crippen LogP contribution in [0, 0.1) is 0 Å². The van der Waals surface area contributed by atoms with Crippen LogP contribution in [0.1, 0.15) is 11.6 Å². The maximum atomic E-state index is 12.5. The van der Waals surface area contributed by atoms with Crippen LogP contribution < -0.4 is 14.2 Å². The largest absolute Gasteiger partial charge is 0.454 e. The van der Waals surface area contributed by atoms with E-state index in [1.165, 1.54) is 11.3 Å². The first-order valence-corrected chi connectivity index (χ1v) is 10.7. The third kappa shape index (κ3) is 3.72. The molecule has 0 aliphatic carbocycles. The summed E-state index contributed by atoms with van der Waals surface area (Å²) in [6.45, 7) is 3.27. The van der Waals surface area contributed by atoms with Crippen molar-refractivity contribution in [3.8, 4) is 11.5 Å². The fourth-order valence-corrected chi connectivity index (χ4v) is 5.22. The summed E-state index contributed by atoms with van der Waals surface area (Å²) in [6, 6.07) is 9.00. The summed E-state index contributed by atoms with van der Waals surface area (Å²) >= 11 is 1.21. The molecule has 1 fully saturated rings. The molecule has 2 aromatic rings. The Morgan fingerprint density at radius 2 is 1.96 bits per heavy atom. The normalized spacial score (nSPS) is 18.8. The summed E-state index contributed by atoms with van der Waals surface area (Å²) in [5.74, 6) is 1.41. The molecule has 2 aliphatic rings. The Bertz CT molecular complexity index is 848. The second-order valence-corrected chi connectivity index (χ2v) is 9.00. The van der Waals surface area contributed by atoms with E-state index in [0.29, 0.717) is 28.9 Å². The number of nitrogens with one attached hydrogen (secondary N) is 1. The van der Waals surface area contributed by atoms with Crippen LogP contribution in [-0.2, 0) is 14.8 Å². The van der Waals surface area contributed by atoms with Crippen LogP contribution in [0.15, 0.2) is 39.9 Å². The van der Waals surface area contributed by atoms with Crippen LogP contribution in [0.5, 0.6) is 11.5 Å². The van der Waals surface area contributed by atoms with Gasteiger partial charge in [0.15, 0.2) is 11.5 Å². The highest BCUT2D eigenvalue weighted by Crippen LogP contribution is 2.35. The molecular formula is C17H20N2O5S2. The molecule has 2 aliphatic heterocycles. The van der Waals surface area contributed by atoms with E-state index in [1.54, 1.807) is 17.5 Å². The molecule has 4 rings (SSSR count). The number of benzene rings is 1. The molecule has 9 heteroatoms.